The predicted molar refractivity (Wildman–Crippen MR) is 90.0 cm³/mol. The van der Waals surface area contributed by atoms with Crippen LogP contribution in [-0.2, 0) is 0 Å². The molecule has 0 bridgehead atoms. The predicted octanol–water partition coefficient (Wildman–Crippen LogP) is 4.00. The van der Waals surface area contributed by atoms with E-state index in [1.54, 1.807) is 12.5 Å². The molecule has 0 aliphatic heterocycles. The Morgan fingerprint density at radius 1 is 0.739 bits per heavy atom. The minimum Gasteiger partial charge on any atom is -0.245 e. The van der Waals surface area contributed by atoms with Crippen molar-refractivity contribution in [1.82, 2.24) is 19.7 Å². The molecule has 0 N–H and O–H groups in total. The van der Waals surface area contributed by atoms with Crippen LogP contribution in [0.15, 0.2) is 85.6 Å². The van der Waals surface area contributed by atoms with E-state index in [-0.39, 0.29) is 0 Å². The average Bonchev–Trinajstić information content (AvgIpc) is 3.14. The van der Waals surface area contributed by atoms with Crippen molar-refractivity contribution in [3.8, 4) is 28.1 Å². The first-order valence-electron chi connectivity index (χ1n) is 7.37. The maximum Gasteiger partial charge on any atom is 0.116 e. The third kappa shape index (κ3) is 2.74. The molecule has 2 heterocycles. The maximum absolute atomic E-state index is 4.42. The monoisotopic (exact) mass is 298 g/mol. The summed E-state index contributed by atoms with van der Waals surface area (Å²) < 4.78 is 1.85. The molecular formula is C19H14N4. The summed E-state index contributed by atoms with van der Waals surface area (Å²) in [6.45, 7) is 0. The van der Waals surface area contributed by atoms with E-state index >= 15 is 0 Å². The lowest BCUT2D eigenvalue weighted by molar-refractivity contribution is 0.881. The third-order valence-electron chi connectivity index (χ3n) is 3.70. The summed E-state index contributed by atoms with van der Waals surface area (Å²) in [4.78, 5) is 8.18. The lowest BCUT2D eigenvalue weighted by Gasteiger charge is -2.04. The molecule has 4 heteroatoms. The minimum absolute atomic E-state index is 0.868. The van der Waals surface area contributed by atoms with Gasteiger partial charge in [0.05, 0.1) is 17.6 Å². The normalized spacial score (nSPS) is 10.6. The van der Waals surface area contributed by atoms with Gasteiger partial charge in [-0.15, -0.1) is 0 Å². The van der Waals surface area contributed by atoms with Gasteiger partial charge in [0.25, 0.3) is 0 Å². The number of hydrogen-bond donors (Lipinski definition) is 0. The summed E-state index contributed by atoms with van der Waals surface area (Å²) in [5.41, 5.74) is 5.26. The van der Waals surface area contributed by atoms with Crippen molar-refractivity contribution in [2.75, 3.05) is 0 Å². The van der Waals surface area contributed by atoms with Gasteiger partial charge in [0.15, 0.2) is 0 Å². The van der Waals surface area contributed by atoms with Crippen molar-refractivity contribution in [3.63, 3.8) is 0 Å². The van der Waals surface area contributed by atoms with Crippen LogP contribution in [0.25, 0.3) is 28.1 Å². The number of rotatable bonds is 3. The van der Waals surface area contributed by atoms with Crippen LogP contribution >= 0.6 is 0 Å². The molecule has 4 aromatic rings. The van der Waals surface area contributed by atoms with E-state index in [9.17, 15) is 0 Å². The topological polar surface area (TPSA) is 43.6 Å². The van der Waals surface area contributed by atoms with Gasteiger partial charge in [-0.3, -0.25) is 0 Å². The first kappa shape index (κ1) is 13.4. The van der Waals surface area contributed by atoms with Crippen molar-refractivity contribution in [1.29, 1.82) is 0 Å². The number of aromatic nitrogens is 4. The zero-order valence-corrected chi connectivity index (χ0v) is 12.4. The second-order valence-corrected chi connectivity index (χ2v) is 5.18. The van der Waals surface area contributed by atoms with E-state index in [2.05, 4.69) is 51.5 Å². The van der Waals surface area contributed by atoms with Crippen LogP contribution in [0.4, 0.5) is 0 Å². The quantitative estimate of drug-likeness (QED) is 0.574. The Morgan fingerprint density at radius 2 is 1.52 bits per heavy atom. The second kappa shape index (κ2) is 5.85. The van der Waals surface area contributed by atoms with E-state index in [1.165, 1.54) is 11.1 Å². The molecule has 2 aromatic carbocycles. The molecule has 110 valence electrons. The van der Waals surface area contributed by atoms with Gasteiger partial charge in [-0.1, -0.05) is 42.5 Å². The van der Waals surface area contributed by atoms with E-state index in [1.807, 2.05) is 41.3 Å². The molecule has 0 fully saturated rings. The Hall–Kier alpha value is -3.27. The highest BCUT2D eigenvalue weighted by Crippen LogP contribution is 2.22. The molecule has 0 saturated carbocycles. The number of nitrogens with zero attached hydrogens (tertiary/aromatic N) is 4. The van der Waals surface area contributed by atoms with Gasteiger partial charge in [0, 0.05) is 18.0 Å². The van der Waals surface area contributed by atoms with E-state index in [0.717, 1.165) is 16.9 Å². The summed E-state index contributed by atoms with van der Waals surface area (Å²) in [6.07, 6.45) is 7.06. The van der Waals surface area contributed by atoms with E-state index in [0.29, 0.717) is 0 Å². The second-order valence-electron chi connectivity index (χ2n) is 5.18. The molecule has 4 nitrogen and oxygen atoms in total. The van der Waals surface area contributed by atoms with Gasteiger partial charge >= 0.3 is 0 Å². The molecular weight excluding hydrogens is 284 g/mol. The summed E-state index contributed by atoms with van der Waals surface area (Å²) in [5, 5.41) is 4.42. The summed E-state index contributed by atoms with van der Waals surface area (Å²) in [6, 6.07) is 20.6. The highest BCUT2D eigenvalue weighted by Gasteiger charge is 2.05. The summed E-state index contributed by atoms with van der Waals surface area (Å²) in [7, 11) is 0. The molecule has 0 aliphatic carbocycles. The van der Waals surface area contributed by atoms with Crippen molar-refractivity contribution in [2.24, 2.45) is 0 Å². The lowest BCUT2D eigenvalue weighted by Crippen LogP contribution is -1.93. The SMILES string of the molecule is c1ccc(-c2ccc(-n3cc(-c4ccncn4)cn3)cc2)cc1. The van der Waals surface area contributed by atoms with Gasteiger partial charge in [-0.25, -0.2) is 14.6 Å². The van der Waals surface area contributed by atoms with E-state index < -0.39 is 0 Å². The minimum atomic E-state index is 0.868. The Kier molecular flexibility index (Phi) is 3.41. The van der Waals surface area contributed by atoms with Gasteiger partial charge in [0.1, 0.15) is 6.33 Å². The highest BCUT2D eigenvalue weighted by molar-refractivity contribution is 5.64. The molecule has 23 heavy (non-hydrogen) atoms. The largest absolute Gasteiger partial charge is 0.245 e. The number of hydrogen-bond acceptors (Lipinski definition) is 3. The van der Waals surface area contributed by atoms with Crippen molar-refractivity contribution >= 4 is 0 Å². The molecule has 2 aromatic heterocycles. The van der Waals surface area contributed by atoms with Crippen LogP contribution < -0.4 is 0 Å². The summed E-state index contributed by atoms with van der Waals surface area (Å²) in [5.74, 6) is 0. The lowest BCUT2D eigenvalue weighted by atomic mass is 10.1. The fraction of sp³-hybridized carbons (Fsp3) is 0. The first-order chi connectivity index (χ1) is 11.4. The molecule has 0 radical (unpaired) electrons. The third-order valence-corrected chi connectivity index (χ3v) is 3.70. The van der Waals surface area contributed by atoms with E-state index in [4.69, 9.17) is 0 Å². The van der Waals surface area contributed by atoms with Crippen LogP contribution in [-0.4, -0.2) is 19.7 Å². The van der Waals surface area contributed by atoms with Crippen LogP contribution in [0.1, 0.15) is 0 Å². The first-order valence-corrected chi connectivity index (χ1v) is 7.37. The maximum atomic E-state index is 4.42. The van der Waals surface area contributed by atoms with Gasteiger partial charge in [-0.05, 0) is 29.3 Å². The molecule has 4 rings (SSSR count). The van der Waals surface area contributed by atoms with Gasteiger partial charge in [-0.2, -0.15) is 5.10 Å². The van der Waals surface area contributed by atoms with Crippen molar-refractivity contribution in [3.05, 3.63) is 85.6 Å². The van der Waals surface area contributed by atoms with Crippen molar-refractivity contribution < 1.29 is 0 Å². The van der Waals surface area contributed by atoms with Gasteiger partial charge < -0.3 is 0 Å². The van der Waals surface area contributed by atoms with Crippen molar-refractivity contribution in [2.45, 2.75) is 0 Å². The average molecular weight is 298 g/mol. The Labute approximate surface area is 134 Å². The van der Waals surface area contributed by atoms with Gasteiger partial charge in [0.2, 0.25) is 0 Å². The van der Waals surface area contributed by atoms with Crippen LogP contribution in [0.3, 0.4) is 0 Å². The number of benzene rings is 2. The smallest absolute Gasteiger partial charge is 0.116 e. The Morgan fingerprint density at radius 3 is 2.26 bits per heavy atom. The summed E-state index contributed by atoms with van der Waals surface area (Å²) >= 11 is 0. The zero-order chi connectivity index (χ0) is 15.5. The molecule has 0 unspecified atom stereocenters. The Balaban J connectivity index is 1.63. The molecule has 0 spiro atoms. The fourth-order valence-corrected chi connectivity index (χ4v) is 2.49. The zero-order valence-electron chi connectivity index (χ0n) is 12.4. The standard InChI is InChI=1S/C19H14N4/c1-2-4-15(5-3-1)16-6-8-18(9-7-16)23-13-17(12-22-23)19-10-11-20-14-21-19/h1-14H. The molecule has 0 aliphatic rings. The van der Waals surface area contributed by atoms with Crippen LogP contribution in [0.2, 0.25) is 0 Å². The molecule has 0 amide bonds. The van der Waals surface area contributed by atoms with Crippen LogP contribution in [0, 0.1) is 0 Å². The van der Waals surface area contributed by atoms with Crippen LogP contribution in [0.5, 0.6) is 0 Å². The molecule has 0 atom stereocenters. The highest BCUT2D eigenvalue weighted by atomic mass is 15.3. The fourth-order valence-electron chi connectivity index (χ4n) is 2.49. The molecule has 0 saturated heterocycles. The Bertz CT molecular complexity index is 897.